The van der Waals surface area contributed by atoms with Gasteiger partial charge in [-0.15, -0.1) is 5.73 Å². The second kappa shape index (κ2) is 8.47. The molecule has 178 valence electrons. The maximum Gasteiger partial charge on any atom is 0.410 e. The highest BCUT2D eigenvalue weighted by atomic mass is 16.6. The Bertz CT molecular complexity index is 930. The van der Waals surface area contributed by atoms with E-state index in [1.165, 1.54) is 11.1 Å². The minimum Gasteiger partial charge on any atom is -0.444 e. The van der Waals surface area contributed by atoms with Crippen molar-refractivity contribution in [3.05, 3.63) is 40.7 Å². The number of allylic oxidation sites excluding steroid dienone is 1. The smallest absolute Gasteiger partial charge is 0.410 e. The molecule has 32 heavy (non-hydrogen) atoms. The minimum atomic E-state index is -0.468. The molecule has 2 unspecified atom stereocenters. The van der Waals surface area contributed by atoms with E-state index in [-0.39, 0.29) is 20.4 Å². The van der Waals surface area contributed by atoms with Crippen molar-refractivity contribution in [3.63, 3.8) is 0 Å². The first-order chi connectivity index (χ1) is 15.1. The molecule has 1 saturated carbocycles. The van der Waals surface area contributed by atoms with E-state index in [2.05, 4.69) is 30.1 Å². The van der Waals surface area contributed by atoms with Gasteiger partial charge in [-0.2, -0.15) is 0 Å². The summed E-state index contributed by atoms with van der Waals surface area (Å²) in [6.45, 7) is 13.5. The van der Waals surface area contributed by atoms with Crippen LogP contribution >= 0.6 is 0 Å². The van der Waals surface area contributed by atoms with Crippen molar-refractivity contribution in [3.8, 4) is 0 Å². The number of ether oxygens (including phenoxy) is 1. The number of amides is 3. The molecule has 2 aliphatic heterocycles. The molecule has 4 aliphatic rings. The van der Waals surface area contributed by atoms with Gasteiger partial charge in [0, 0.05) is 35.6 Å². The maximum absolute atomic E-state index is 12.8. The fourth-order valence-electron chi connectivity index (χ4n) is 5.75. The van der Waals surface area contributed by atoms with Crippen LogP contribution in [0.1, 0.15) is 56.7 Å². The van der Waals surface area contributed by atoms with Gasteiger partial charge >= 0.3 is 12.1 Å². The van der Waals surface area contributed by atoms with Crippen LogP contribution in [0.25, 0.3) is 0 Å². The molecular formula is C26H41N3O3. The Balaban J connectivity index is 0.00000204. The summed E-state index contributed by atoms with van der Waals surface area (Å²) < 4.78 is 5.60. The lowest BCUT2D eigenvalue weighted by Gasteiger charge is -2.29. The Kier molecular flexibility index (Phi) is 6.02. The fraction of sp³-hybridized carbons (Fsp3) is 0.654. The van der Waals surface area contributed by atoms with Crippen LogP contribution in [0.5, 0.6) is 0 Å². The predicted molar refractivity (Wildman–Crippen MR) is 129 cm³/mol. The van der Waals surface area contributed by atoms with Gasteiger partial charge in [0.15, 0.2) is 0 Å². The monoisotopic (exact) mass is 443 g/mol. The van der Waals surface area contributed by atoms with Gasteiger partial charge in [-0.3, -0.25) is 0 Å². The minimum absolute atomic E-state index is 0. The predicted octanol–water partition coefficient (Wildman–Crippen LogP) is 5.14. The van der Waals surface area contributed by atoms with E-state index >= 15 is 0 Å². The number of carbonyl (C=O) groups is 2. The molecule has 0 aromatic heterocycles. The largest absolute Gasteiger partial charge is 0.444 e. The lowest BCUT2D eigenvalue weighted by atomic mass is 9.78. The fourth-order valence-corrected chi connectivity index (χ4v) is 5.75. The average molecular weight is 444 g/mol. The van der Waals surface area contributed by atoms with Crippen molar-refractivity contribution in [1.29, 1.82) is 0 Å². The number of likely N-dealkylation sites (tertiary alicyclic amines) is 1. The Morgan fingerprint density at radius 3 is 2.69 bits per heavy atom. The van der Waals surface area contributed by atoms with Gasteiger partial charge in [0.25, 0.3) is 0 Å². The lowest BCUT2D eigenvalue weighted by molar-refractivity contribution is 0.0263. The highest BCUT2D eigenvalue weighted by Crippen LogP contribution is 2.53. The summed E-state index contributed by atoms with van der Waals surface area (Å²) in [5.74, 6) is 0.945. The third-order valence-corrected chi connectivity index (χ3v) is 7.45. The summed E-state index contributed by atoms with van der Waals surface area (Å²) in [5, 5.41) is 3.19. The summed E-state index contributed by atoms with van der Waals surface area (Å²) >= 11 is 0. The summed E-state index contributed by atoms with van der Waals surface area (Å²) in [6, 6.07) is 0.0126. The molecule has 2 heterocycles. The number of nitrogens with one attached hydrogen (secondary N) is 1. The molecular weight excluding hydrogens is 402 g/mol. The Hall–Kier alpha value is -2.46. The molecule has 0 aromatic carbocycles. The van der Waals surface area contributed by atoms with E-state index in [9.17, 15) is 9.59 Å². The number of nitrogens with zero attached hydrogens (tertiary/aromatic N) is 2. The Morgan fingerprint density at radius 2 is 2.00 bits per heavy atom. The molecule has 0 spiro atoms. The first-order valence-electron chi connectivity index (χ1n) is 11.9. The topological polar surface area (TPSA) is 61.9 Å². The molecule has 3 amide bonds. The molecule has 6 nitrogen and oxygen atoms in total. The van der Waals surface area contributed by atoms with Crippen LogP contribution in [0.2, 0.25) is 0 Å². The van der Waals surface area contributed by atoms with E-state index in [1.54, 1.807) is 0 Å². The molecule has 2 aliphatic carbocycles. The molecule has 1 N–H and O–H groups in total. The van der Waals surface area contributed by atoms with Gasteiger partial charge in [0.2, 0.25) is 0 Å². The first kappa shape index (κ1) is 22.7. The van der Waals surface area contributed by atoms with Crippen LogP contribution < -0.4 is 5.32 Å². The van der Waals surface area contributed by atoms with Gasteiger partial charge < -0.3 is 19.9 Å². The summed E-state index contributed by atoms with van der Waals surface area (Å²) in [5.41, 5.74) is 6.43. The zero-order valence-electron chi connectivity index (χ0n) is 20.2. The molecule has 6 heteroatoms. The second-order valence-electron chi connectivity index (χ2n) is 11.0. The normalized spacial score (nSPS) is 29.1. The Morgan fingerprint density at radius 1 is 1.25 bits per heavy atom. The van der Waals surface area contributed by atoms with Crippen molar-refractivity contribution in [2.24, 2.45) is 17.3 Å². The van der Waals surface area contributed by atoms with Crippen LogP contribution in [-0.4, -0.2) is 60.2 Å². The summed E-state index contributed by atoms with van der Waals surface area (Å²) in [4.78, 5) is 29.2. The zero-order chi connectivity index (χ0) is 23.1. The van der Waals surface area contributed by atoms with Crippen molar-refractivity contribution in [2.75, 3.05) is 32.7 Å². The molecule has 3 atom stereocenters. The molecule has 0 bridgehead atoms. The standard InChI is InChI=1S/C26H37N3O3.2H2/c1-6-26-12-19(11-22(26)16-29(17-26)24(31)32-25(3,4)5)13-27-23(30)28-14-20-9-7-18(2)8-10-21(20)15-28;;/h7,9-10,19,22H,6,11-17H2,1-5H3,(H,27,30);2*1H/t19-,22?,26?;;/m1../s1. The zero-order valence-corrected chi connectivity index (χ0v) is 20.2. The number of hydrogen-bond acceptors (Lipinski definition) is 3. The van der Waals surface area contributed by atoms with Crippen molar-refractivity contribution < 1.29 is 17.2 Å². The van der Waals surface area contributed by atoms with Gasteiger partial charge in [-0.25, -0.2) is 9.59 Å². The molecule has 4 rings (SSSR count). The highest BCUT2D eigenvalue weighted by molar-refractivity contribution is 5.76. The van der Waals surface area contributed by atoms with Gasteiger partial charge in [0.05, 0.1) is 0 Å². The van der Waals surface area contributed by atoms with Crippen LogP contribution in [0.4, 0.5) is 9.59 Å². The highest BCUT2D eigenvalue weighted by Gasteiger charge is 2.53. The van der Waals surface area contributed by atoms with Crippen molar-refractivity contribution in [1.82, 2.24) is 15.1 Å². The van der Waals surface area contributed by atoms with Crippen LogP contribution in [0.15, 0.2) is 40.7 Å². The lowest BCUT2D eigenvalue weighted by Crippen LogP contribution is -2.41. The molecule has 0 aromatic rings. The number of fused-ring (bicyclic) bond motifs is 1. The molecule has 2 fully saturated rings. The quantitative estimate of drug-likeness (QED) is 0.614. The van der Waals surface area contributed by atoms with Crippen molar-refractivity contribution >= 4 is 12.1 Å². The SMILES string of the molecule is CCC12C[C@H](CNC(=O)N3CC4=C(C=CC(C)=C=C4)C3)CC1CN(C(=O)OC(C)(C)C)C2.[HH].[HH]. The Labute approximate surface area is 195 Å². The second-order valence-corrected chi connectivity index (χ2v) is 11.0. The van der Waals surface area contributed by atoms with E-state index in [0.717, 1.165) is 37.9 Å². The average Bonchev–Trinajstić information content (AvgIpc) is 3.35. The van der Waals surface area contributed by atoms with Crippen LogP contribution in [0, 0.1) is 17.3 Å². The third kappa shape index (κ3) is 4.66. The number of carbonyl (C=O) groups excluding carboxylic acids is 2. The number of rotatable bonds is 3. The maximum atomic E-state index is 12.8. The van der Waals surface area contributed by atoms with Crippen LogP contribution in [-0.2, 0) is 4.74 Å². The summed E-state index contributed by atoms with van der Waals surface area (Å²) in [7, 11) is 0. The van der Waals surface area contributed by atoms with Gasteiger partial charge in [0.1, 0.15) is 5.60 Å². The van der Waals surface area contributed by atoms with Gasteiger partial charge in [-0.05, 0) is 87.0 Å². The van der Waals surface area contributed by atoms with E-state index < -0.39 is 5.60 Å². The summed E-state index contributed by atoms with van der Waals surface area (Å²) in [6.07, 6.45) is 9.14. The van der Waals surface area contributed by atoms with Crippen molar-refractivity contribution in [2.45, 2.75) is 59.5 Å². The van der Waals surface area contributed by atoms with Crippen LogP contribution in [0.3, 0.4) is 0 Å². The number of hydrogen-bond donors (Lipinski definition) is 1. The van der Waals surface area contributed by atoms with E-state index in [4.69, 9.17) is 4.74 Å². The first-order valence-corrected chi connectivity index (χ1v) is 11.9. The molecule has 0 radical (unpaired) electrons. The van der Waals surface area contributed by atoms with E-state index in [1.807, 2.05) is 43.6 Å². The molecule has 1 saturated heterocycles. The van der Waals surface area contributed by atoms with Gasteiger partial charge in [-0.1, -0.05) is 19.1 Å². The number of urea groups is 1. The third-order valence-electron chi connectivity index (χ3n) is 7.45. The van der Waals surface area contributed by atoms with E-state index in [0.29, 0.717) is 31.5 Å².